The molecule has 1 saturated heterocycles. The van der Waals surface area contributed by atoms with E-state index in [9.17, 15) is 18.0 Å². The molecule has 0 aromatic carbocycles. The van der Waals surface area contributed by atoms with E-state index in [1.165, 1.54) is 0 Å². The van der Waals surface area contributed by atoms with Gasteiger partial charge in [-0.05, 0) is 12.1 Å². The van der Waals surface area contributed by atoms with Crippen LogP contribution in [-0.2, 0) is 9.53 Å². The Morgan fingerprint density at radius 1 is 1.43 bits per heavy atom. The lowest BCUT2D eigenvalue weighted by atomic mass is 10.1. The van der Waals surface area contributed by atoms with Gasteiger partial charge >= 0.3 is 12.1 Å². The van der Waals surface area contributed by atoms with Crippen molar-refractivity contribution in [3.05, 3.63) is 23.9 Å². The van der Waals surface area contributed by atoms with Gasteiger partial charge in [0.25, 0.3) is 0 Å². The van der Waals surface area contributed by atoms with Gasteiger partial charge in [0.15, 0.2) is 0 Å². The third-order valence-corrected chi connectivity index (χ3v) is 3.15. The minimum atomic E-state index is -4.97. The van der Waals surface area contributed by atoms with Gasteiger partial charge in [0.1, 0.15) is 18.0 Å². The molecule has 0 bridgehead atoms. The molecular formula is C13H12F3N3O2. The van der Waals surface area contributed by atoms with Gasteiger partial charge in [-0.1, -0.05) is 0 Å². The standard InChI is InChI=1S/C13H12F3N3O2/c14-13(15,16)12(20)21-10-3-6-19(7-4-10)11-9(8-17)2-1-5-18-11/h1-2,5,10H,3-4,6-7H2. The van der Waals surface area contributed by atoms with Crippen molar-refractivity contribution in [2.45, 2.75) is 25.1 Å². The van der Waals surface area contributed by atoms with Crippen LogP contribution in [0.5, 0.6) is 0 Å². The molecule has 1 fully saturated rings. The Bertz CT molecular complexity index is 561. The number of anilines is 1. The molecule has 1 aliphatic rings. The van der Waals surface area contributed by atoms with E-state index < -0.39 is 18.2 Å². The average Bonchev–Trinajstić information content (AvgIpc) is 2.47. The average molecular weight is 299 g/mol. The first kappa shape index (κ1) is 15.1. The van der Waals surface area contributed by atoms with Gasteiger partial charge in [-0.15, -0.1) is 0 Å². The molecule has 0 atom stereocenters. The van der Waals surface area contributed by atoms with Gasteiger partial charge in [-0.2, -0.15) is 18.4 Å². The van der Waals surface area contributed by atoms with Crippen molar-refractivity contribution in [1.82, 2.24) is 4.98 Å². The van der Waals surface area contributed by atoms with Gasteiger partial charge in [-0.25, -0.2) is 9.78 Å². The predicted molar refractivity (Wildman–Crippen MR) is 66.3 cm³/mol. The van der Waals surface area contributed by atoms with Crippen LogP contribution in [0.3, 0.4) is 0 Å². The smallest absolute Gasteiger partial charge is 0.456 e. The number of hydrogen-bond acceptors (Lipinski definition) is 5. The third-order valence-electron chi connectivity index (χ3n) is 3.15. The molecule has 1 aromatic heterocycles. The summed E-state index contributed by atoms with van der Waals surface area (Å²) in [7, 11) is 0. The second-order valence-electron chi connectivity index (χ2n) is 4.58. The number of ether oxygens (including phenoxy) is 1. The number of rotatable bonds is 2. The molecule has 8 heteroatoms. The number of esters is 1. The monoisotopic (exact) mass is 299 g/mol. The quantitative estimate of drug-likeness (QED) is 0.782. The van der Waals surface area contributed by atoms with Gasteiger partial charge in [0, 0.05) is 32.1 Å². The first-order valence-corrected chi connectivity index (χ1v) is 6.29. The SMILES string of the molecule is N#Cc1cccnc1N1CCC(OC(=O)C(F)(F)F)CC1. The zero-order valence-electron chi connectivity index (χ0n) is 10.9. The maximum atomic E-state index is 12.1. The van der Waals surface area contributed by atoms with E-state index in [2.05, 4.69) is 9.72 Å². The molecule has 1 aliphatic heterocycles. The van der Waals surface area contributed by atoms with Gasteiger partial charge in [0.05, 0.1) is 5.56 Å². The van der Waals surface area contributed by atoms with Crippen LogP contribution in [-0.4, -0.2) is 36.3 Å². The summed E-state index contributed by atoms with van der Waals surface area (Å²) in [4.78, 5) is 16.7. The lowest BCUT2D eigenvalue weighted by Gasteiger charge is -2.32. The Morgan fingerprint density at radius 3 is 2.67 bits per heavy atom. The van der Waals surface area contributed by atoms with E-state index in [1.807, 2.05) is 6.07 Å². The lowest BCUT2D eigenvalue weighted by Crippen LogP contribution is -2.40. The molecule has 0 spiro atoms. The highest BCUT2D eigenvalue weighted by Gasteiger charge is 2.42. The number of carbonyl (C=O) groups is 1. The summed E-state index contributed by atoms with van der Waals surface area (Å²) in [5, 5.41) is 9.00. The zero-order valence-corrected chi connectivity index (χ0v) is 10.9. The van der Waals surface area contributed by atoms with Crippen LogP contribution in [0.2, 0.25) is 0 Å². The Morgan fingerprint density at radius 2 is 2.10 bits per heavy atom. The number of nitrogens with zero attached hydrogens (tertiary/aromatic N) is 3. The zero-order chi connectivity index (χ0) is 15.5. The molecule has 112 valence electrons. The van der Waals surface area contributed by atoms with Crippen molar-refractivity contribution in [3.63, 3.8) is 0 Å². The van der Waals surface area contributed by atoms with Crippen molar-refractivity contribution in [2.24, 2.45) is 0 Å². The highest BCUT2D eigenvalue weighted by molar-refractivity contribution is 5.75. The second-order valence-corrected chi connectivity index (χ2v) is 4.58. The van der Waals surface area contributed by atoms with Crippen LogP contribution in [0, 0.1) is 11.3 Å². The van der Waals surface area contributed by atoms with E-state index in [-0.39, 0.29) is 12.8 Å². The van der Waals surface area contributed by atoms with Crippen molar-refractivity contribution in [2.75, 3.05) is 18.0 Å². The number of pyridine rings is 1. The van der Waals surface area contributed by atoms with Crippen molar-refractivity contribution in [1.29, 1.82) is 5.26 Å². The number of carbonyl (C=O) groups excluding carboxylic acids is 1. The normalized spacial score (nSPS) is 16.4. The molecule has 5 nitrogen and oxygen atoms in total. The number of halogens is 3. The molecule has 0 aliphatic carbocycles. The number of alkyl halides is 3. The predicted octanol–water partition coefficient (Wildman–Crippen LogP) is 2.03. The Labute approximate surface area is 118 Å². The van der Waals surface area contributed by atoms with E-state index >= 15 is 0 Å². The molecule has 2 rings (SSSR count). The lowest BCUT2D eigenvalue weighted by molar-refractivity contribution is -0.205. The number of nitriles is 1. The van der Waals surface area contributed by atoms with Crippen molar-refractivity contribution in [3.8, 4) is 6.07 Å². The second kappa shape index (κ2) is 5.99. The Kier molecular flexibility index (Phi) is 4.31. The highest BCUT2D eigenvalue weighted by Crippen LogP contribution is 2.24. The number of piperidine rings is 1. The fourth-order valence-corrected chi connectivity index (χ4v) is 2.14. The fourth-order valence-electron chi connectivity index (χ4n) is 2.14. The summed E-state index contributed by atoms with van der Waals surface area (Å²) in [5.74, 6) is -1.66. The topological polar surface area (TPSA) is 66.2 Å². The molecule has 0 saturated carbocycles. The van der Waals surface area contributed by atoms with Crippen LogP contribution in [0.15, 0.2) is 18.3 Å². The van der Waals surface area contributed by atoms with Crippen molar-refractivity contribution >= 4 is 11.8 Å². The molecule has 0 N–H and O–H groups in total. The Balaban J connectivity index is 1.95. The summed E-state index contributed by atoms with van der Waals surface area (Å²) >= 11 is 0. The summed E-state index contributed by atoms with van der Waals surface area (Å²) in [6, 6.07) is 5.28. The van der Waals surface area contributed by atoms with E-state index in [4.69, 9.17) is 5.26 Å². The van der Waals surface area contributed by atoms with Gasteiger partial charge < -0.3 is 9.64 Å². The molecule has 1 aromatic rings. The molecule has 0 amide bonds. The van der Waals surface area contributed by atoms with E-state index in [1.54, 1.807) is 23.2 Å². The molecular weight excluding hydrogens is 287 g/mol. The van der Waals surface area contributed by atoms with Crippen LogP contribution in [0.4, 0.5) is 19.0 Å². The molecule has 21 heavy (non-hydrogen) atoms. The van der Waals surface area contributed by atoms with Crippen LogP contribution in [0.25, 0.3) is 0 Å². The maximum absolute atomic E-state index is 12.1. The molecule has 0 unspecified atom stereocenters. The van der Waals surface area contributed by atoms with Gasteiger partial charge in [-0.3, -0.25) is 0 Å². The van der Waals surface area contributed by atoms with Crippen LogP contribution < -0.4 is 4.90 Å². The minimum Gasteiger partial charge on any atom is -0.456 e. The summed E-state index contributed by atoms with van der Waals surface area (Å²) < 4.78 is 40.8. The summed E-state index contributed by atoms with van der Waals surface area (Å²) in [5.41, 5.74) is 0.406. The minimum absolute atomic E-state index is 0.267. The fraction of sp³-hybridized carbons (Fsp3) is 0.462. The van der Waals surface area contributed by atoms with E-state index in [0.29, 0.717) is 24.5 Å². The van der Waals surface area contributed by atoms with Crippen LogP contribution in [0.1, 0.15) is 18.4 Å². The largest absolute Gasteiger partial charge is 0.490 e. The highest BCUT2D eigenvalue weighted by atomic mass is 19.4. The number of aromatic nitrogens is 1. The van der Waals surface area contributed by atoms with Gasteiger partial charge in [0.2, 0.25) is 0 Å². The van der Waals surface area contributed by atoms with E-state index in [0.717, 1.165) is 0 Å². The molecule has 2 heterocycles. The first-order valence-electron chi connectivity index (χ1n) is 6.29. The first-order chi connectivity index (χ1) is 9.91. The number of hydrogen-bond donors (Lipinski definition) is 0. The van der Waals surface area contributed by atoms with Crippen molar-refractivity contribution < 1.29 is 22.7 Å². The summed E-state index contributed by atoms with van der Waals surface area (Å²) in [6.07, 6.45) is -3.64. The Hall–Kier alpha value is -2.30. The van der Waals surface area contributed by atoms with Crippen LogP contribution >= 0.6 is 0 Å². The molecule has 0 radical (unpaired) electrons. The third kappa shape index (κ3) is 3.62. The maximum Gasteiger partial charge on any atom is 0.490 e. The summed E-state index contributed by atoms with van der Waals surface area (Å²) in [6.45, 7) is 0.753.